The Morgan fingerprint density at radius 1 is 1.40 bits per heavy atom. The summed E-state index contributed by atoms with van der Waals surface area (Å²) in [7, 11) is 2.02. The zero-order chi connectivity index (χ0) is 13.8. The Morgan fingerprint density at radius 2 is 2.15 bits per heavy atom. The molecule has 1 fully saturated rings. The van der Waals surface area contributed by atoms with Gasteiger partial charge in [-0.3, -0.25) is 4.90 Å². The molecule has 1 aliphatic heterocycles. The second kappa shape index (κ2) is 8.45. The molecule has 0 amide bonds. The van der Waals surface area contributed by atoms with Crippen LogP contribution in [0.25, 0.3) is 0 Å². The zero-order valence-electron chi connectivity index (χ0n) is 12.0. The van der Waals surface area contributed by atoms with Crippen LogP contribution in [0.4, 0.5) is 0 Å². The molecule has 2 rings (SSSR count). The lowest BCUT2D eigenvalue weighted by Crippen LogP contribution is -2.40. The van der Waals surface area contributed by atoms with Gasteiger partial charge in [0.05, 0.1) is 0 Å². The molecule has 0 saturated carbocycles. The predicted molar refractivity (Wildman–Crippen MR) is 90.3 cm³/mol. The van der Waals surface area contributed by atoms with E-state index in [1.54, 1.807) is 0 Å². The molecule has 2 nitrogen and oxygen atoms in total. The minimum absolute atomic E-state index is 0. The lowest BCUT2D eigenvalue weighted by molar-refractivity contribution is 0.131. The van der Waals surface area contributed by atoms with E-state index in [0.717, 1.165) is 41.2 Å². The normalized spacial score (nSPS) is 21.3. The van der Waals surface area contributed by atoms with Gasteiger partial charge in [-0.15, -0.1) is 12.4 Å². The van der Waals surface area contributed by atoms with Crippen LogP contribution in [0.15, 0.2) is 18.2 Å². The highest BCUT2D eigenvalue weighted by Gasteiger charge is 2.25. The Bertz CT molecular complexity index is 424. The molecular weight excluding hydrogens is 315 g/mol. The first kappa shape index (κ1) is 18.1. The molecule has 1 aromatic carbocycles. The highest BCUT2D eigenvalue weighted by molar-refractivity contribution is 6.33. The Hall–Kier alpha value is 0.01000. The van der Waals surface area contributed by atoms with Crippen LogP contribution in [-0.4, -0.2) is 31.6 Å². The van der Waals surface area contributed by atoms with Crippen molar-refractivity contribution >= 4 is 35.6 Å². The van der Waals surface area contributed by atoms with Crippen LogP contribution >= 0.6 is 35.6 Å². The highest BCUT2D eigenvalue weighted by Crippen LogP contribution is 2.32. The molecule has 1 N–H and O–H groups in total. The summed E-state index contributed by atoms with van der Waals surface area (Å²) in [6, 6.07) is 6.06. The van der Waals surface area contributed by atoms with Crippen LogP contribution in [0.3, 0.4) is 0 Å². The maximum Gasteiger partial charge on any atom is 0.0454 e. The monoisotopic (exact) mass is 336 g/mol. The second-order valence-electron chi connectivity index (χ2n) is 5.40. The number of likely N-dealkylation sites (tertiary alicyclic amines) is 1. The van der Waals surface area contributed by atoms with Crippen molar-refractivity contribution in [2.75, 3.05) is 26.7 Å². The van der Waals surface area contributed by atoms with Crippen molar-refractivity contribution in [3.8, 4) is 0 Å². The minimum Gasteiger partial charge on any atom is -0.319 e. The fourth-order valence-corrected chi connectivity index (χ4v) is 3.39. The number of nitrogens with zero attached hydrogens (tertiary/aromatic N) is 1. The van der Waals surface area contributed by atoms with E-state index >= 15 is 0 Å². The van der Waals surface area contributed by atoms with Crippen molar-refractivity contribution in [3.05, 3.63) is 33.8 Å². The Morgan fingerprint density at radius 3 is 2.85 bits per heavy atom. The number of piperidine rings is 1. The number of hydrogen-bond acceptors (Lipinski definition) is 2. The topological polar surface area (TPSA) is 15.3 Å². The van der Waals surface area contributed by atoms with E-state index in [4.69, 9.17) is 23.2 Å². The first-order valence-corrected chi connectivity index (χ1v) is 7.71. The molecular formula is C15H23Cl3N2. The third kappa shape index (κ3) is 4.51. The molecule has 1 heterocycles. The summed E-state index contributed by atoms with van der Waals surface area (Å²) >= 11 is 12.4. The van der Waals surface area contributed by atoms with Crippen molar-refractivity contribution in [3.63, 3.8) is 0 Å². The zero-order valence-corrected chi connectivity index (χ0v) is 14.4. The van der Waals surface area contributed by atoms with Gasteiger partial charge in [0, 0.05) is 22.6 Å². The Kier molecular flexibility index (Phi) is 7.63. The van der Waals surface area contributed by atoms with Gasteiger partial charge in [0.15, 0.2) is 0 Å². The first-order chi connectivity index (χ1) is 9.11. The van der Waals surface area contributed by atoms with Gasteiger partial charge in [-0.05, 0) is 69.6 Å². The van der Waals surface area contributed by atoms with E-state index in [0.29, 0.717) is 6.04 Å². The molecule has 114 valence electrons. The minimum atomic E-state index is 0. The smallest absolute Gasteiger partial charge is 0.0454 e. The van der Waals surface area contributed by atoms with Crippen LogP contribution in [0.2, 0.25) is 10.0 Å². The van der Waals surface area contributed by atoms with Gasteiger partial charge in [0.2, 0.25) is 0 Å². The van der Waals surface area contributed by atoms with Gasteiger partial charge < -0.3 is 5.32 Å². The standard InChI is InChI=1S/C15H22Cl2N2.ClH/c1-11(14-8-13(16)5-6-15(14)17)19-7-3-4-12(10-19)9-18-2;/h5-6,8,11-12,18H,3-4,7,9-10H2,1-2H3;1H. The fraction of sp³-hybridized carbons (Fsp3) is 0.600. The molecule has 0 aromatic heterocycles. The van der Waals surface area contributed by atoms with Crippen molar-refractivity contribution in [2.45, 2.75) is 25.8 Å². The van der Waals surface area contributed by atoms with Crippen LogP contribution in [0.5, 0.6) is 0 Å². The molecule has 20 heavy (non-hydrogen) atoms. The predicted octanol–water partition coefficient (Wildman–Crippen LogP) is 4.41. The number of benzene rings is 1. The summed E-state index contributed by atoms with van der Waals surface area (Å²) in [4.78, 5) is 2.52. The summed E-state index contributed by atoms with van der Waals surface area (Å²) in [5.74, 6) is 0.735. The SMILES string of the molecule is CNCC1CCCN(C(C)c2cc(Cl)ccc2Cl)C1.Cl. The number of nitrogens with one attached hydrogen (secondary N) is 1. The molecule has 0 aliphatic carbocycles. The van der Waals surface area contributed by atoms with Gasteiger partial charge >= 0.3 is 0 Å². The Balaban J connectivity index is 0.00000200. The summed E-state index contributed by atoms with van der Waals surface area (Å²) in [6.07, 6.45) is 2.57. The average Bonchev–Trinajstić information content (AvgIpc) is 2.41. The van der Waals surface area contributed by atoms with Gasteiger partial charge in [-0.2, -0.15) is 0 Å². The molecule has 0 bridgehead atoms. The largest absolute Gasteiger partial charge is 0.319 e. The summed E-state index contributed by atoms with van der Waals surface area (Å²) in [5.41, 5.74) is 1.14. The molecule has 1 saturated heterocycles. The van der Waals surface area contributed by atoms with Gasteiger partial charge in [-0.25, -0.2) is 0 Å². The molecule has 5 heteroatoms. The summed E-state index contributed by atoms with van der Waals surface area (Å²) in [6.45, 7) is 5.58. The molecule has 2 unspecified atom stereocenters. The number of halogens is 3. The van der Waals surface area contributed by atoms with Crippen molar-refractivity contribution in [1.29, 1.82) is 0 Å². The molecule has 0 radical (unpaired) electrons. The summed E-state index contributed by atoms with van der Waals surface area (Å²) in [5, 5.41) is 4.86. The van der Waals surface area contributed by atoms with E-state index in [9.17, 15) is 0 Å². The second-order valence-corrected chi connectivity index (χ2v) is 6.25. The third-order valence-corrected chi connectivity index (χ3v) is 4.58. The Labute approximate surface area is 138 Å². The summed E-state index contributed by atoms with van der Waals surface area (Å²) < 4.78 is 0. The van der Waals surface area contributed by atoms with Crippen LogP contribution in [-0.2, 0) is 0 Å². The van der Waals surface area contributed by atoms with Crippen LogP contribution in [0, 0.1) is 5.92 Å². The van der Waals surface area contributed by atoms with Crippen molar-refractivity contribution in [1.82, 2.24) is 10.2 Å². The number of hydrogen-bond donors (Lipinski definition) is 1. The van der Waals surface area contributed by atoms with E-state index in [1.807, 2.05) is 25.2 Å². The van der Waals surface area contributed by atoms with E-state index in [2.05, 4.69) is 17.1 Å². The van der Waals surface area contributed by atoms with Gasteiger partial charge in [0.1, 0.15) is 0 Å². The quantitative estimate of drug-likeness (QED) is 0.875. The highest BCUT2D eigenvalue weighted by atomic mass is 35.5. The van der Waals surface area contributed by atoms with Crippen molar-refractivity contribution in [2.24, 2.45) is 5.92 Å². The van der Waals surface area contributed by atoms with Crippen LogP contribution in [0.1, 0.15) is 31.4 Å². The molecule has 0 spiro atoms. The van der Waals surface area contributed by atoms with E-state index in [1.165, 1.54) is 12.8 Å². The molecule has 1 aromatic rings. The lowest BCUT2D eigenvalue weighted by atomic mass is 9.95. The average molecular weight is 338 g/mol. The first-order valence-electron chi connectivity index (χ1n) is 6.95. The fourth-order valence-electron chi connectivity index (χ4n) is 2.94. The third-order valence-electron chi connectivity index (χ3n) is 4.00. The molecule has 1 aliphatic rings. The van der Waals surface area contributed by atoms with Crippen molar-refractivity contribution < 1.29 is 0 Å². The van der Waals surface area contributed by atoms with Crippen LogP contribution < -0.4 is 5.32 Å². The number of rotatable bonds is 4. The van der Waals surface area contributed by atoms with E-state index < -0.39 is 0 Å². The molecule has 2 atom stereocenters. The van der Waals surface area contributed by atoms with Gasteiger partial charge in [0.25, 0.3) is 0 Å². The maximum atomic E-state index is 6.31. The lowest BCUT2D eigenvalue weighted by Gasteiger charge is -2.37. The van der Waals surface area contributed by atoms with Gasteiger partial charge in [-0.1, -0.05) is 23.2 Å². The maximum absolute atomic E-state index is 6.31. The van der Waals surface area contributed by atoms with E-state index in [-0.39, 0.29) is 12.4 Å².